The first-order chi connectivity index (χ1) is 11.5. The quantitative estimate of drug-likeness (QED) is 0.858. The maximum absolute atomic E-state index is 12.1. The molecule has 0 radical (unpaired) electrons. The molecule has 1 aliphatic rings. The lowest BCUT2D eigenvalue weighted by Gasteiger charge is -2.41. The predicted octanol–water partition coefficient (Wildman–Crippen LogP) is 3.25. The fourth-order valence-electron chi connectivity index (χ4n) is 2.83. The van der Waals surface area contributed by atoms with Gasteiger partial charge in [0.05, 0.1) is 11.1 Å². The van der Waals surface area contributed by atoms with Crippen LogP contribution in [0.4, 0.5) is 4.79 Å². The molecular weight excluding hydrogens is 344 g/mol. The summed E-state index contributed by atoms with van der Waals surface area (Å²) >= 11 is 3.20. The molecular formula is C17H16N2O3S2. The highest BCUT2D eigenvalue weighted by molar-refractivity contribution is 7.10. The molecule has 0 spiro atoms. The van der Waals surface area contributed by atoms with Crippen molar-refractivity contribution in [3.63, 3.8) is 0 Å². The first-order valence-corrected chi connectivity index (χ1v) is 9.04. The second kappa shape index (κ2) is 6.62. The van der Waals surface area contributed by atoms with Crippen molar-refractivity contribution in [1.82, 2.24) is 4.90 Å². The molecule has 0 unspecified atom stereocenters. The van der Waals surface area contributed by atoms with E-state index in [0.717, 1.165) is 9.75 Å². The Morgan fingerprint density at radius 1 is 1.12 bits per heavy atom. The summed E-state index contributed by atoms with van der Waals surface area (Å²) in [7, 11) is 0. The number of primary amides is 1. The number of rotatable bonds is 5. The second-order valence-corrected chi connectivity index (χ2v) is 7.61. The Kier molecular flexibility index (Phi) is 4.55. The van der Waals surface area contributed by atoms with Gasteiger partial charge in [-0.3, -0.25) is 4.90 Å². The van der Waals surface area contributed by atoms with Crippen LogP contribution in [0, 0.1) is 0 Å². The fourth-order valence-corrected chi connectivity index (χ4v) is 4.47. The number of aliphatic carboxylic acids is 1. The van der Waals surface area contributed by atoms with Crippen LogP contribution in [-0.2, 0) is 17.6 Å². The number of nitrogens with zero attached hydrogens (tertiary/aromatic N) is 1. The summed E-state index contributed by atoms with van der Waals surface area (Å²) in [6.07, 6.45) is 5.84. The molecule has 124 valence electrons. The van der Waals surface area contributed by atoms with Crippen LogP contribution in [0.2, 0.25) is 0 Å². The van der Waals surface area contributed by atoms with Crippen LogP contribution < -0.4 is 5.73 Å². The van der Waals surface area contributed by atoms with Gasteiger partial charge in [-0.05, 0) is 29.0 Å². The van der Waals surface area contributed by atoms with E-state index in [1.54, 1.807) is 34.8 Å². The zero-order valence-corrected chi connectivity index (χ0v) is 14.3. The minimum Gasteiger partial charge on any atom is -0.478 e. The zero-order chi connectivity index (χ0) is 17.2. The Hall–Kier alpha value is -2.38. The lowest BCUT2D eigenvalue weighted by molar-refractivity contribution is -0.132. The van der Waals surface area contributed by atoms with Crippen molar-refractivity contribution in [3.8, 4) is 0 Å². The number of urea groups is 1. The van der Waals surface area contributed by atoms with Gasteiger partial charge in [0.2, 0.25) is 0 Å². The highest BCUT2D eigenvalue weighted by atomic mass is 32.1. The van der Waals surface area contributed by atoms with Gasteiger partial charge in [-0.25, -0.2) is 9.59 Å². The molecule has 3 N–H and O–H groups in total. The Labute approximate surface area is 147 Å². The molecule has 0 atom stereocenters. The van der Waals surface area contributed by atoms with E-state index in [1.165, 1.54) is 11.1 Å². The van der Waals surface area contributed by atoms with Crippen LogP contribution in [0.1, 0.15) is 9.75 Å². The molecule has 5 nitrogen and oxygen atoms in total. The lowest BCUT2D eigenvalue weighted by atomic mass is 9.85. The highest BCUT2D eigenvalue weighted by Crippen LogP contribution is 2.34. The lowest BCUT2D eigenvalue weighted by Crippen LogP contribution is -2.54. The molecule has 3 rings (SSSR count). The van der Waals surface area contributed by atoms with E-state index in [0.29, 0.717) is 12.8 Å². The second-order valence-electron chi connectivity index (χ2n) is 5.55. The monoisotopic (exact) mass is 360 g/mol. The summed E-state index contributed by atoms with van der Waals surface area (Å²) in [4.78, 5) is 26.9. The van der Waals surface area contributed by atoms with Crippen molar-refractivity contribution >= 4 is 34.7 Å². The maximum Gasteiger partial charge on any atom is 0.337 e. The van der Waals surface area contributed by atoms with E-state index in [2.05, 4.69) is 0 Å². The summed E-state index contributed by atoms with van der Waals surface area (Å²) in [5.41, 5.74) is 4.92. The van der Waals surface area contributed by atoms with Gasteiger partial charge in [0.15, 0.2) is 0 Å². The van der Waals surface area contributed by atoms with Gasteiger partial charge < -0.3 is 10.8 Å². The number of hydrogen-bond acceptors (Lipinski definition) is 4. The number of carboxylic acids is 1. The van der Waals surface area contributed by atoms with Crippen molar-refractivity contribution in [1.29, 1.82) is 0 Å². The van der Waals surface area contributed by atoms with E-state index < -0.39 is 17.5 Å². The topological polar surface area (TPSA) is 83.6 Å². The molecule has 1 aliphatic heterocycles. The molecule has 0 saturated heterocycles. The number of carboxylic acid groups (broad SMARTS) is 1. The number of thiophene rings is 2. The predicted molar refractivity (Wildman–Crippen MR) is 95.1 cm³/mol. The fraction of sp³-hybridized carbons (Fsp3) is 0.176. The molecule has 2 aromatic rings. The number of hydrogen-bond donors (Lipinski definition) is 2. The molecule has 7 heteroatoms. The van der Waals surface area contributed by atoms with Gasteiger partial charge in [0.25, 0.3) is 0 Å². The van der Waals surface area contributed by atoms with Gasteiger partial charge in [-0.2, -0.15) is 0 Å². The largest absolute Gasteiger partial charge is 0.478 e. The third-order valence-electron chi connectivity index (χ3n) is 3.93. The van der Waals surface area contributed by atoms with E-state index >= 15 is 0 Å². The Morgan fingerprint density at radius 3 is 2.12 bits per heavy atom. The Morgan fingerprint density at radius 2 is 1.71 bits per heavy atom. The molecule has 2 aromatic heterocycles. The normalized spacial score (nSPS) is 16.0. The third kappa shape index (κ3) is 3.27. The molecule has 2 amide bonds. The number of nitrogens with two attached hydrogens (primary N) is 1. The maximum atomic E-state index is 12.1. The summed E-state index contributed by atoms with van der Waals surface area (Å²) in [5, 5.41) is 13.2. The molecule has 24 heavy (non-hydrogen) atoms. The molecule has 0 fully saturated rings. The minimum atomic E-state index is -1.08. The number of carbonyl (C=O) groups excluding carboxylic acids is 1. The van der Waals surface area contributed by atoms with Crippen LogP contribution in [0.3, 0.4) is 0 Å². The van der Waals surface area contributed by atoms with Crippen molar-refractivity contribution in [2.24, 2.45) is 5.73 Å². The van der Waals surface area contributed by atoms with E-state index in [1.807, 2.05) is 35.0 Å². The van der Waals surface area contributed by atoms with Crippen LogP contribution >= 0.6 is 22.7 Å². The Balaban J connectivity index is 2.04. The average Bonchev–Trinajstić information content (AvgIpc) is 3.21. The summed E-state index contributed by atoms with van der Waals surface area (Å²) < 4.78 is 0. The third-order valence-corrected chi connectivity index (χ3v) is 5.68. The van der Waals surface area contributed by atoms with Gasteiger partial charge >= 0.3 is 12.0 Å². The van der Waals surface area contributed by atoms with Crippen LogP contribution in [0.25, 0.3) is 0 Å². The number of carbonyl (C=O) groups is 2. The van der Waals surface area contributed by atoms with Gasteiger partial charge in [0, 0.05) is 28.8 Å². The molecule has 0 aromatic carbocycles. The molecule has 0 saturated carbocycles. The summed E-state index contributed by atoms with van der Waals surface area (Å²) in [6, 6.07) is 7.26. The van der Waals surface area contributed by atoms with Crippen LogP contribution in [-0.4, -0.2) is 27.5 Å². The highest BCUT2D eigenvalue weighted by Gasteiger charge is 2.39. The van der Waals surface area contributed by atoms with Crippen molar-refractivity contribution in [2.45, 2.75) is 18.4 Å². The zero-order valence-electron chi connectivity index (χ0n) is 12.7. The number of amides is 2. The Bertz CT molecular complexity index is 756. The van der Waals surface area contributed by atoms with Crippen molar-refractivity contribution in [2.75, 3.05) is 0 Å². The van der Waals surface area contributed by atoms with E-state index in [9.17, 15) is 14.7 Å². The minimum absolute atomic E-state index is 0.0433. The van der Waals surface area contributed by atoms with Crippen LogP contribution in [0.15, 0.2) is 59.0 Å². The van der Waals surface area contributed by atoms with E-state index in [-0.39, 0.29) is 5.57 Å². The SMILES string of the molecule is NC(=O)N1C=C(C(=O)O)C=CC1(Cc1cccs1)Cc1cccs1. The first-order valence-electron chi connectivity index (χ1n) is 7.28. The average molecular weight is 360 g/mol. The summed E-state index contributed by atoms with van der Waals surface area (Å²) in [5.74, 6) is -1.08. The smallest absolute Gasteiger partial charge is 0.337 e. The molecule has 0 aliphatic carbocycles. The standard InChI is InChI=1S/C17H16N2O3S2/c18-16(22)19-11-12(15(20)21)5-6-17(19,9-13-3-1-7-23-13)10-14-4-2-8-24-14/h1-8,11H,9-10H2,(H2,18,22)(H,20,21). The summed E-state index contributed by atoms with van der Waals surface area (Å²) in [6.45, 7) is 0. The van der Waals surface area contributed by atoms with Crippen molar-refractivity contribution < 1.29 is 14.7 Å². The van der Waals surface area contributed by atoms with Crippen LogP contribution in [0.5, 0.6) is 0 Å². The first kappa shape index (κ1) is 16.5. The van der Waals surface area contributed by atoms with E-state index in [4.69, 9.17) is 5.73 Å². The van der Waals surface area contributed by atoms with Gasteiger partial charge in [0.1, 0.15) is 0 Å². The van der Waals surface area contributed by atoms with Gasteiger partial charge in [-0.15, -0.1) is 22.7 Å². The molecule has 3 heterocycles. The van der Waals surface area contributed by atoms with Gasteiger partial charge in [-0.1, -0.05) is 18.2 Å². The molecule has 0 bridgehead atoms. The van der Waals surface area contributed by atoms with Crippen molar-refractivity contribution in [3.05, 3.63) is 68.7 Å².